The minimum Gasteiger partial charge on any atom is -0.339 e. The predicted octanol–water partition coefficient (Wildman–Crippen LogP) is 4.10. The molecule has 0 aromatic carbocycles. The molecule has 0 N–H and O–H groups in total. The Balaban J connectivity index is 1.98. The van der Waals surface area contributed by atoms with Gasteiger partial charge in [-0.15, -0.1) is 11.6 Å². The van der Waals surface area contributed by atoms with E-state index in [2.05, 4.69) is 17.1 Å². The first-order chi connectivity index (χ1) is 7.86. The van der Waals surface area contributed by atoms with Gasteiger partial charge in [0.05, 0.1) is 5.88 Å². The van der Waals surface area contributed by atoms with Gasteiger partial charge in [0.2, 0.25) is 5.89 Å². The van der Waals surface area contributed by atoms with Gasteiger partial charge >= 0.3 is 0 Å². The van der Waals surface area contributed by atoms with Gasteiger partial charge in [0.25, 0.3) is 0 Å². The third-order valence-electron chi connectivity index (χ3n) is 2.62. The van der Waals surface area contributed by atoms with Crippen molar-refractivity contribution in [2.45, 2.75) is 64.2 Å². The van der Waals surface area contributed by atoms with E-state index in [-0.39, 0.29) is 0 Å². The Kier molecular flexibility index (Phi) is 7.23. The summed E-state index contributed by atoms with van der Waals surface area (Å²) in [6, 6.07) is 0. The van der Waals surface area contributed by atoms with Crippen LogP contribution in [0.4, 0.5) is 0 Å². The zero-order chi connectivity index (χ0) is 11.6. The number of unbranched alkanes of at least 4 members (excludes halogenated alkanes) is 6. The van der Waals surface area contributed by atoms with Crippen molar-refractivity contribution in [1.82, 2.24) is 10.1 Å². The molecule has 0 saturated carbocycles. The molecule has 0 fully saturated rings. The highest BCUT2D eigenvalue weighted by Crippen LogP contribution is 2.10. The number of halogens is 1. The largest absolute Gasteiger partial charge is 0.339 e. The monoisotopic (exact) mass is 244 g/mol. The molecule has 92 valence electrons. The van der Waals surface area contributed by atoms with Gasteiger partial charge < -0.3 is 4.52 Å². The third-order valence-corrected chi connectivity index (χ3v) is 2.86. The molecule has 0 aliphatic heterocycles. The fourth-order valence-electron chi connectivity index (χ4n) is 1.68. The number of rotatable bonds is 9. The summed E-state index contributed by atoms with van der Waals surface area (Å²) in [5.74, 6) is 1.66. The van der Waals surface area contributed by atoms with Crippen LogP contribution in [0.1, 0.15) is 63.6 Å². The number of hydrogen-bond donors (Lipinski definition) is 0. The highest BCUT2D eigenvalue weighted by atomic mass is 35.5. The second-order valence-electron chi connectivity index (χ2n) is 4.11. The normalized spacial score (nSPS) is 10.9. The molecule has 0 amide bonds. The molecule has 1 rings (SSSR count). The molecule has 0 atom stereocenters. The lowest BCUT2D eigenvalue weighted by Crippen LogP contribution is -1.87. The lowest BCUT2D eigenvalue weighted by molar-refractivity contribution is 0.369. The van der Waals surface area contributed by atoms with E-state index in [1.807, 2.05) is 0 Å². The Morgan fingerprint density at radius 3 is 2.38 bits per heavy atom. The quantitative estimate of drug-likeness (QED) is 0.485. The molecule has 0 unspecified atom stereocenters. The van der Waals surface area contributed by atoms with Crippen LogP contribution in [-0.4, -0.2) is 10.1 Å². The van der Waals surface area contributed by atoms with Gasteiger partial charge in [-0.05, 0) is 6.42 Å². The third kappa shape index (κ3) is 5.50. The predicted molar refractivity (Wildman–Crippen MR) is 65.6 cm³/mol. The summed E-state index contributed by atoms with van der Waals surface area (Å²) in [6.45, 7) is 2.24. The fourth-order valence-corrected chi connectivity index (χ4v) is 1.79. The molecule has 3 nitrogen and oxygen atoms in total. The van der Waals surface area contributed by atoms with Crippen LogP contribution in [-0.2, 0) is 12.3 Å². The van der Waals surface area contributed by atoms with Gasteiger partial charge in [-0.1, -0.05) is 50.6 Å². The Hall–Kier alpha value is -0.570. The summed E-state index contributed by atoms with van der Waals surface area (Å²) in [5, 5.41) is 3.76. The number of nitrogens with zero attached hydrogens (tertiary/aromatic N) is 2. The van der Waals surface area contributed by atoms with E-state index < -0.39 is 0 Å². The molecule has 1 aromatic heterocycles. The van der Waals surface area contributed by atoms with Crippen molar-refractivity contribution in [3.63, 3.8) is 0 Å². The van der Waals surface area contributed by atoms with Crippen molar-refractivity contribution < 1.29 is 4.52 Å². The first kappa shape index (κ1) is 13.5. The highest BCUT2D eigenvalue weighted by Gasteiger charge is 2.04. The molecule has 0 saturated heterocycles. The number of aromatic nitrogens is 2. The van der Waals surface area contributed by atoms with Crippen molar-refractivity contribution in [3.05, 3.63) is 11.7 Å². The molecule has 0 radical (unpaired) electrons. The Morgan fingerprint density at radius 1 is 1.06 bits per heavy atom. The van der Waals surface area contributed by atoms with Gasteiger partial charge in [-0.25, -0.2) is 0 Å². The minimum atomic E-state index is 0.334. The van der Waals surface area contributed by atoms with Crippen LogP contribution < -0.4 is 0 Å². The van der Waals surface area contributed by atoms with E-state index >= 15 is 0 Å². The summed E-state index contributed by atoms with van der Waals surface area (Å²) >= 11 is 5.59. The minimum absolute atomic E-state index is 0.334. The second-order valence-corrected chi connectivity index (χ2v) is 4.38. The van der Waals surface area contributed by atoms with Gasteiger partial charge in [0.1, 0.15) is 0 Å². The summed E-state index contributed by atoms with van der Waals surface area (Å²) < 4.78 is 5.06. The average Bonchev–Trinajstić information content (AvgIpc) is 2.76. The van der Waals surface area contributed by atoms with Crippen LogP contribution >= 0.6 is 11.6 Å². The Labute approximate surface area is 103 Å². The van der Waals surface area contributed by atoms with Crippen LogP contribution in [0.5, 0.6) is 0 Å². The van der Waals surface area contributed by atoms with Crippen molar-refractivity contribution in [3.8, 4) is 0 Å². The topological polar surface area (TPSA) is 38.9 Å². The van der Waals surface area contributed by atoms with Gasteiger partial charge in [0, 0.05) is 6.42 Å². The summed E-state index contributed by atoms with van der Waals surface area (Å²) in [5.41, 5.74) is 0. The standard InChI is InChI=1S/C12H21ClN2O/c1-2-3-4-5-6-7-8-9-12-14-11(10-13)15-16-12/h2-10H2,1H3. The SMILES string of the molecule is CCCCCCCCCc1nc(CCl)no1. The van der Waals surface area contributed by atoms with Crippen LogP contribution in [0.2, 0.25) is 0 Å². The first-order valence-corrected chi connectivity index (χ1v) is 6.77. The Morgan fingerprint density at radius 2 is 1.75 bits per heavy atom. The van der Waals surface area contributed by atoms with Crippen LogP contribution in [0, 0.1) is 0 Å². The van der Waals surface area contributed by atoms with Crippen molar-refractivity contribution in [1.29, 1.82) is 0 Å². The molecule has 16 heavy (non-hydrogen) atoms. The van der Waals surface area contributed by atoms with Crippen LogP contribution in [0.25, 0.3) is 0 Å². The molecule has 4 heteroatoms. The maximum atomic E-state index is 5.59. The summed E-state index contributed by atoms with van der Waals surface area (Å²) in [6.07, 6.45) is 9.98. The maximum Gasteiger partial charge on any atom is 0.226 e. The molecule has 1 heterocycles. The number of alkyl halides is 1. The zero-order valence-electron chi connectivity index (χ0n) is 10.0. The Bertz CT molecular complexity index is 276. The van der Waals surface area contributed by atoms with Crippen molar-refractivity contribution >= 4 is 11.6 Å². The average molecular weight is 245 g/mol. The van der Waals surface area contributed by atoms with E-state index in [9.17, 15) is 0 Å². The molecular weight excluding hydrogens is 224 g/mol. The molecular formula is C12H21ClN2O. The van der Waals surface area contributed by atoms with Crippen LogP contribution in [0.15, 0.2) is 4.52 Å². The maximum absolute atomic E-state index is 5.59. The van der Waals surface area contributed by atoms with E-state index in [0.29, 0.717) is 11.7 Å². The molecule has 0 spiro atoms. The summed E-state index contributed by atoms with van der Waals surface area (Å²) in [7, 11) is 0. The zero-order valence-corrected chi connectivity index (χ0v) is 10.8. The number of hydrogen-bond acceptors (Lipinski definition) is 3. The molecule has 0 aliphatic carbocycles. The number of aryl methyl sites for hydroxylation is 1. The second kappa shape index (κ2) is 8.57. The van der Waals surface area contributed by atoms with E-state index in [0.717, 1.165) is 18.7 Å². The lowest BCUT2D eigenvalue weighted by atomic mass is 10.1. The van der Waals surface area contributed by atoms with E-state index in [1.165, 1.54) is 38.5 Å². The highest BCUT2D eigenvalue weighted by molar-refractivity contribution is 6.16. The first-order valence-electron chi connectivity index (χ1n) is 6.24. The van der Waals surface area contributed by atoms with Gasteiger partial charge in [0.15, 0.2) is 5.82 Å². The van der Waals surface area contributed by atoms with Gasteiger partial charge in [-0.3, -0.25) is 0 Å². The lowest BCUT2D eigenvalue weighted by Gasteiger charge is -1.98. The molecule has 0 aliphatic rings. The van der Waals surface area contributed by atoms with Crippen molar-refractivity contribution in [2.24, 2.45) is 0 Å². The smallest absolute Gasteiger partial charge is 0.226 e. The van der Waals surface area contributed by atoms with Crippen molar-refractivity contribution in [2.75, 3.05) is 0 Å². The van der Waals surface area contributed by atoms with Crippen LogP contribution in [0.3, 0.4) is 0 Å². The molecule has 0 bridgehead atoms. The molecule has 1 aromatic rings. The fraction of sp³-hybridized carbons (Fsp3) is 0.833. The van der Waals surface area contributed by atoms with E-state index in [1.54, 1.807) is 0 Å². The van der Waals surface area contributed by atoms with E-state index in [4.69, 9.17) is 16.1 Å². The summed E-state index contributed by atoms with van der Waals surface area (Å²) in [4.78, 5) is 4.17. The van der Waals surface area contributed by atoms with Gasteiger partial charge in [-0.2, -0.15) is 4.98 Å².